The average molecular weight is 463 g/mol. The first-order valence-electron chi connectivity index (χ1n) is 11.1. The summed E-state index contributed by atoms with van der Waals surface area (Å²) in [5.74, 6) is 0.979. The molecular formula is C22H22FN9O2. The van der Waals surface area contributed by atoms with Gasteiger partial charge in [0.1, 0.15) is 11.7 Å². The number of nitrogens with one attached hydrogen (secondary N) is 3. The number of aliphatic hydroxyl groups is 1. The van der Waals surface area contributed by atoms with E-state index < -0.39 is 18.1 Å². The number of aliphatic hydroxyl groups excluding tert-OH is 1. The molecule has 1 saturated carbocycles. The van der Waals surface area contributed by atoms with Gasteiger partial charge in [-0.2, -0.15) is 19.5 Å². The summed E-state index contributed by atoms with van der Waals surface area (Å²) in [4.78, 5) is 27.5. The van der Waals surface area contributed by atoms with Crippen molar-refractivity contribution in [2.75, 3.05) is 22.1 Å². The molecule has 2 aliphatic rings. The zero-order valence-electron chi connectivity index (χ0n) is 18.0. The first-order chi connectivity index (χ1) is 16.5. The summed E-state index contributed by atoms with van der Waals surface area (Å²) in [6.07, 6.45) is 4.89. The van der Waals surface area contributed by atoms with Crippen LogP contribution >= 0.6 is 0 Å². The van der Waals surface area contributed by atoms with Crippen LogP contribution in [0.5, 0.6) is 0 Å². The molecule has 5 heterocycles. The standard InChI is InChI=1S/C22H22FN9O2/c23-17-6-5-13(10-24-17)25-20(34)16-8-14(33)11-32(16)22-27-19-2-1-7-31(19)21(28-22)26-18-9-15(29-30-18)12-3-4-12/h1-2,5-7,9-10,12,14,16,33H,3-4,8,11H2,(H,25,34)(H2,26,27,28,29,30)/t14-,16+/m1/s1. The molecular weight excluding hydrogens is 441 g/mol. The minimum absolute atomic E-state index is 0.199. The van der Waals surface area contributed by atoms with Gasteiger partial charge in [-0.1, -0.05) is 0 Å². The zero-order valence-corrected chi connectivity index (χ0v) is 18.0. The van der Waals surface area contributed by atoms with E-state index >= 15 is 0 Å². The summed E-state index contributed by atoms with van der Waals surface area (Å²) >= 11 is 0. The number of fused-ring (bicyclic) bond motifs is 1. The van der Waals surface area contributed by atoms with Gasteiger partial charge in [-0.15, -0.1) is 0 Å². The van der Waals surface area contributed by atoms with Gasteiger partial charge in [-0.3, -0.25) is 14.3 Å². The van der Waals surface area contributed by atoms with Gasteiger partial charge in [0.05, 0.1) is 18.0 Å². The highest BCUT2D eigenvalue weighted by atomic mass is 19.1. The maximum atomic E-state index is 13.1. The predicted octanol–water partition coefficient (Wildman–Crippen LogP) is 2.19. The zero-order chi connectivity index (χ0) is 23.2. The third kappa shape index (κ3) is 3.92. The van der Waals surface area contributed by atoms with E-state index in [0.29, 0.717) is 35.0 Å². The van der Waals surface area contributed by atoms with Crippen molar-refractivity contribution in [3.63, 3.8) is 0 Å². The van der Waals surface area contributed by atoms with Gasteiger partial charge in [-0.05, 0) is 37.1 Å². The van der Waals surface area contributed by atoms with Crippen LogP contribution in [0.3, 0.4) is 0 Å². The molecule has 0 spiro atoms. The second-order valence-electron chi connectivity index (χ2n) is 8.61. The van der Waals surface area contributed by atoms with Crippen LogP contribution in [-0.4, -0.2) is 59.3 Å². The molecule has 0 unspecified atom stereocenters. The Balaban J connectivity index is 1.29. The number of hydrogen-bond acceptors (Lipinski definition) is 8. The number of halogens is 1. The first kappa shape index (κ1) is 20.5. The highest BCUT2D eigenvalue weighted by molar-refractivity contribution is 5.97. The van der Waals surface area contributed by atoms with Crippen molar-refractivity contribution in [1.82, 2.24) is 29.5 Å². The largest absolute Gasteiger partial charge is 0.391 e. The van der Waals surface area contributed by atoms with Crippen LogP contribution < -0.4 is 15.5 Å². The van der Waals surface area contributed by atoms with Crippen molar-refractivity contribution in [3.05, 3.63) is 54.4 Å². The lowest BCUT2D eigenvalue weighted by Gasteiger charge is -2.24. The van der Waals surface area contributed by atoms with E-state index in [1.54, 1.807) is 9.30 Å². The van der Waals surface area contributed by atoms with Crippen molar-refractivity contribution >= 4 is 35.0 Å². The van der Waals surface area contributed by atoms with Crippen molar-refractivity contribution in [1.29, 1.82) is 0 Å². The van der Waals surface area contributed by atoms with Gasteiger partial charge in [-0.25, -0.2) is 4.98 Å². The molecule has 2 fully saturated rings. The fraction of sp³-hybridized carbons (Fsp3) is 0.318. The Morgan fingerprint density at radius 3 is 2.91 bits per heavy atom. The van der Waals surface area contributed by atoms with Crippen LogP contribution in [0.1, 0.15) is 30.9 Å². The predicted molar refractivity (Wildman–Crippen MR) is 121 cm³/mol. The summed E-state index contributed by atoms with van der Waals surface area (Å²) in [6.45, 7) is 0.199. The van der Waals surface area contributed by atoms with Crippen molar-refractivity contribution in [2.45, 2.75) is 37.3 Å². The average Bonchev–Trinajstić information content (AvgIpc) is 3.20. The van der Waals surface area contributed by atoms with E-state index in [4.69, 9.17) is 0 Å². The second-order valence-corrected chi connectivity index (χ2v) is 8.61. The van der Waals surface area contributed by atoms with E-state index in [1.807, 2.05) is 24.4 Å². The number of aromatic nitrogens is 6. The normalized spacial score (nSPS) is 20.1. The molecule has 1 aliphatic carbocycles. The summed E-state index contributed by atoms with van der Waals surface area (Å²) in [6, 6.07) is 7.55. The van der Waals surface area contributed by atoms with E-state index in [-0.39, 0.29) is 18.9 Å². The summed E-state index contributed by atoms with van der Waals surface area (Å²) < 4.78 is 14.9. The van der Waals surface area contributed by atoms with Crippen molar-refractivity contribution in [3.8, 4) is 0 Å². The number of carbonyl (C=O) groups excluding carboxylic acids is 1. The highest BCUT2D eigenvalue weighted by Crippen LogP contribution is 2.39. The summed E-state index contributed by atoms with van der Waals surface area (Å²) in [5.41, 5.74) is 2.09. The Morgan fingerprint density at radius 2 is 2.12 bits per heavy atom. The molecule has 0 bridgehead atoms. The van der Waals surface area contributed by atoms with Gasteiger partial charge in [0.2, 0.25) is 23.8 Å². The van der Waals surface area contributed by atoms with Gasteiger partial charge in [0.15, 0.2) is 5.82 Å². The van der Waals surface area contributed by atoms with Crippen LogP contribution in [0, 0.1) is 5.95 Å². The van der Waals surface area contributed by atoms with Gasteiger partial charge >= 0.3 is 0 Å². The number of rotatable bonds is 6. The molecule has 1 amide bonds. The Labute approximate surface area is 193 Å². The number of carbonyl (C=O) groups is 1. The van der Waals surface area contributed by atoms with E-state index in [2.05, 4.69) is 35.8 Å². The number of aromatic amines is 1. The lowest BCUT2D eigenvalue weighted by atomic mass is 10.2. The van der Waals surface area contributed by atoms with Crippen LogP contribution in [0.25, 0.3) is 5.65 Å². The lowest BCUT2D eigenvalue weighted by Crippen LogP contribution is -2.40. The second kappa shape index (κ2) is 8.06. The smallest absolute Gasteiger partial charge is 0.247 e. The number of anilines is 4. The maximum absolute atomic E-state index is 13.1. The van der Waals surface area contributed by atoms with Crippen LogP contribution in [-0.2, 0) is 4.79 Å². The van der Waals surface area contributed by atoms with E-state index in [0.717, 1.165) is 18.5 Å². The van der Waals surface area contributed by atoms with Crippen LogP contribution in [0.4, 0.5) is 27.8 Å². The van der Waals surface area contributed by atoms with Crippen LogP contribution in [0.15, 0.2) is 42.7 Å². The number of amides is 1. The minimum Gasteiger partial charge on any atom is -0.391 e. The van der Waals surface area contributed by atoms with Gasteiger partial charge in [0.25, 0.3) is 0 Å². The molecule has 174 valence electrons. The maximum Gasteiger partial charge on any atom is 0.247 e. The monoisotopic (exact) mass is 463 g/mol. The van der Waals surface area contributed by atoms with Gasteiger partial charge < -0.3 is 20.6 Å². The lowest BCUT2D eigenvalue weighted by molar-refractivity contribution is -0.117. The van der Waals surface area contributed by atoms with Crippen molar-refractivity contribution in [2.24, 2.45) is 0 Å². The molecule has 4 aromatic heterocycles. The third-order valence-corrected chi connectivity index (χ3v) is 6.06. The molecule has 4 N–H and O–H groups in total. The molecule has 1 saturated heterocycles. The molecule has 4 aromatic rings. The Kier molecular flexibility index (Phi) is 4.87. The van der Waals surface area contributed by atoms with Crippen molar-refractivity contribution < 1.29 is 14.3 Å². The summed E-state index contributed by atoms with van der Waals surface area (Å²) in [7, 11) is 0. The van der Waals surface area contributed by atoms with Crippen LogP contribution in [0.2, 0.25) is 0 Å². The minimum atomic E-state index is -0.724. The molecule has 0 radical (unpaired) electrons. The number of hydrogen-bond donors (Lipinski definition) is 4. The third-order valence-electron chi connectivity index (χ3n) is 6.06. The molecule has 2 atom stereocenters. The quantitative estimate of drug-likeness (QED) is 0.320. The number of nitrogens with zero attached hydrogens (tertiary/aromatic N) is 6. The molecule has 1 aliphatic heterocycles. The molecule has 6 rings (SSSR count). The first-order valence-corrected chi connectivity index (χ1v) is 11.1. The van der Waals surface area contributed by atoms with Gasteiger partial charge in [0, 0.05) is 36.8 Å². The fourth-order valence-corrected chi connectivity index (χ4v) is 4.21. The summed E-state index contributed by atoms with van der Waals surface area (Å²) in [5, 5.41) is 23.7. The molecule has 0 aromatic carbocycles. The van der Waals surface area contributed by atoms with E-state index in [9.17, 15) is 14.3 Å². The Bertz CT molecular complexity index is 1350. The Hall–Kier alpha value is -4.06. The van der Waals surface area contributed by atoms with E-state index in [1.165, 1.54) is 18.3 Å². The highest BCUT2D eigenvalue weighted by Gasteiger charge is 2.38. The Morgan fingerprint density at radius 1 is 1.24 bits per heavy atom. The molecule has 12 heteroatoms. The molecule has 11 nitrogen and oxygen atoms in total. The number of pyridine rings is 1. The molecule has 34 heavy (non-hydrogen) atoms. The number of H-pyrrole nitrogens is 1. The fourth-order valence-electron chi connectivity index (χ4n) is 4.21. The number of β-amino-alcohol motifs (C(OH)–C–C–N with tert-alkyl or cyclic N) is 1. The topological polar surface area (TPSA) is 136 Å². The SMILES string of the molecule is O=C(Nc1ccc(F)nc1)[C@@H]1C[C@@H](O)CN1c1nc(Nc2cc(C3CC3)[nH]n2)n2cccc2n1.